The fraction of sp³-hybridized carbons (Fsp3) is 0.484. The molecule has 1 N–H and O–H groups in total. The number of nitrogens with zero attached hydrogens (tertiary/aromatic N) is 3. The molecule has 0 bridgehead atoms. The van der Waals surface area contributed by atoms with Crippen LogP contribution in [0.2, 0.25) is 0 Å². The summed E-state index contributed by atoms with van der Waals surface area (Å²) in [4.78, 5) is 31.8. The second-order valence-electron chi connectivity index (χ2n) is 11.6. The van der Waals surface area contributed by atoms with Gasteiger partial charge in [-0.1, -0.05) is 32.0 Å². The quantitative estimate of drug-likeness (QED) is 0.426. The van der Waals surface area contributed by atoms with Gasteiger partial charge in [0.1, 0.15) is 22.8 Å². The fourth-order valence-corrected chi connectivity index (χ4v) is 6.37. The fourth-order valence-electron chi connectivity index (χ4n) is 6.37. The topological polar surface area (TPSA) is 66.8 Å². The first-order valence-electron chi connectivity index (χ1n) is 13.9. The molecule has 0 saturated carbocycles. The summed E-state index contributed by atoms with van der Waals surface area (Å²) in [6, 6.07) is 13.9. The Balaban J connectivity index is 1.39. The number of fused-ring (bicyclic) bond motifs is 3. The van der Waals surface area contributed by atoms with Crippen molar-refractivity contribution in [3.05, 3.63) is 65.6 Å². The smallest absolute Gasteiger partial charge is 0.271 e. The maximum Gasteiger partial charge on any atom is 0.271 e. The predicted molar refractivity (Wildman–Crippen MR) is 150 cm³/mol. The lowest BCUT2D eigenvalue weighted by Gasteiger charge is -2.44. The van der Waals surface area contributed by atoms with Gasteiger partial charge in [0.25, 0.3) is 5.91 Å². The van der Waals surface area contributed by atoms with Crippen molar-refractivity contribution in [2.24, 2.45) is 11.8 Å². The number of ether oxygens (including phenoxy) is 1. The van der Waals surface area contributed by atoms with E-state index in [9.17, 15) is 14.0 Å². The minimum atomic E-state index is -1.21. The molecule has 2 aliphatic heterocycles. The van der Waals surface area contributed by atoms with E-state index in [1.807, 2.05) is 28.8 Å². The summed E-state index contributed by atoms with van der Waals surface area (Å²) < 4.78 is 22.0. The number of hydrogen-bond acceptors (Lipinski definition) is 4. The van der Waals surface area contributed by atoms with Gasteiger partial charge >= 0.3 is 0 Å². The van der Waals surface area contributed by atoms with Gasteiger partial charge in [-0.3, -0.25) is 9.59 Å². The summed E-state index contributed by atoms with van der Waals surface area (Å²) in [7, 11) is 1.60. The van der Waals surface area contributed by atoms with E-state index in [0.717, 1.165) is 37.0 Å². The van der Waals surface area contributed by atoms with Gasteiger partial charge in [-0.05, 0) is 62.4 Å². The van der Waals surface area contributed by atoms with Crippen LogP contribution in [-0.4, -0.2) is 65.0 Å². The summed E-state index contributed by atoms with van der Waals surface area (Å²) in [5.41, 5.74) is 0.475. The number of benzene rings is 2. The summed E-state index contributed by atoms with van der Waals surface area (Å²) in [5.74, 6) is 1.13. The number of carbonyl (C=O) groups excluding carboxylic acids is 2. The third-order valence-corrected chi connectivity index (χ3v) is 8.29. The molecule has 0 spiro atoms. The van der Waals surface area contributed by atoms with Crippen LogP contribution >= 0.6 is 0 Å². The van der Waals surface area contributed by atoms with E-state index in [1.54, 1.807) is 32.2 Å². The molecule has 1 fully saturated rings. The van der Waals surface area contributed by atoms with E-state index < -0.39 is 11.4 Å². The van der Waals surface area contributed by atoms with Gasteiger partial charge in [-0.2, -0.15) is 0 Å². The number of hydrogen-bond donors (Lipinski definition) is 1. The molecule has 0 radical (unpaired) electrons. The molecule has 2 aromatic carbocycles. The SMILES string of the molecule is COc1ccc2cc3n(c2c1)C[C@@](C)(C(=O)NCCCN1C[C@H](C)C[C@H](C)C1)N(Cc1ccccc1F)C3=O. The van der Waals surface area contributed by atoms with Crippen molar-refractivity contribution in [3.8, 4) is 5.75 Å². The number of amides is 2. The van der Waals surface area contributed by atoms with E-state index >= 15 is 0 Å². The first-order chi connectivity index (χ1) is 18.7. The molecule has 3 atom stereocenters. The molecule has 208 valence electrons. The van der Waals surface area contributed by atoms with Crippen molar-refractivity contribution in [1.29, 1.82) is 0 Å². The second-order valence-corrected chi connectivity index (χ2v) is 11.6. The van der Waals surface area contributed by atoms with E-state index in [2.05, 4.69) is 24.1 Å². The van der Waals surface area contributed by atoms with Gasteiger partial charge in [0, 0.05) is 36.7 Å². The Bertz CT molecular complexity index is 1360. The average Bonchev–Trinajstić information content (AvgIpc) is 3.26. The second kappa shape index (κ2) is 11.0. The minimum absolute atomic E-state index is 0.00380. The zero-order valence-electron chi connectivity index (χ0n) is 23.4. The van der Waals surface area contributed by atoms with Gasteiger partial charge in [-0.15, -0.1) is 0 Å². The van der Waals surface area contributed by atoms with E-state index in [0.29, 0.717) is 35.4 Å². The maximum atomic E-state index is 14.7. The van der Waals surface area contributed by atoms with Crippen LogP contribution in [0.3, 0.4) is 0 Å². The summed E-state index contributed by atoms with van der Waals surface area (Å²) in [6.07, 6.45) is 2.09. The Hall–Kier alpha value is -3.39. The number of halogens is 1. The molecule has 3 aromatic rings. The number of aromatic nitrogens is 1. The molecule has 7 nitrogen and oxygen atoms in total. The molecule has 1 saturated heterocycles. The molecule has 5 rings (SSSR count). The van der Waals surface area contributed by atoms with E-state index in [-0.39, 0.29) is 24.9 Å². The highest BCUT2D eigenvalue weighted by Gasteiger charge is 2.47. The van der Waals surface area contributed by atoms with E-state index in [4.69, 9.17) is 4.74 Å². The lowest BCUT2D eigenvalue weighted by Crippen LogP contribution is -2.63. The third-order valence-electron chi connectivity index (χ3n) is 8.29. The van der Waals surface area contributed by atoms with Crippen molar-refractivity contribution in [2.75, 3.05) is 33.3 Å². The lowest BCUT2D eigenvalue weighted by atomic mass is 9.92. The average molecular weight is 535 g/mol. The summed E-state index contributed by atoms with van der Waals surface area (Å²) in [5, 5.41) is 4.00. The van der Waals surface area contributed by atoms with Crippen LogP contribution in [-0.2, 0) is 17.9 Å². The van der Waals surface area contributed by atoms with Crippen molar-refractivity contribution >= 4 is 22.7 Å². The van der Waals surface area contributed by atoms with Crippen molar-refractivity contribution in [1.82, 2.24) is 19.7 Å². The highest BCUT2D eigenvalue weighted by atomic mass is 19.1. The van der Waals surface area contributed by atoms with Crippen LogP contribution in [0.15, 0.2) is 48.5 Å². The molecular weight excluding hydrogens is 495 g/mol. The number of nitrogens with one attached hydrogen (secondary N) is 1. The number of likely N-dealkylation sites (tertiary alicyclic amines) is 1. The van der Waals surface area contributed by atoms with Crippen LogP contribution in [0.1, 0.15) is 49.7 Å². The van der Waals surface area contributed by atoms with E-state index in [1.165, 1.54) is 17.4 Å². The van der Waals surface area contributed by atoms with Crippen LogP contribution in [0.4, 0.5) is 4.39 Å². The van der Waals surface area contributed by atoms with Crippen molar-refractivity contribution in [2.45, 2.75) is 52.2 Å². The van der Waals surface area contributed by atoms with Crippen molar-refractivity contribution < 1.29 is 18.7 Å². The normalized spacial score (nSPS) is 23.6. The predicted octanol–water partition coefficient (Wildman–Crippen LogP) is 4.69. The molecular formula is C31H39FN4O3. The Kier molecular flexibility index (Phi) is 7.67. The highest BCUT2D eigenvalue weighted by Crippen LogP contribution is 2.35. The molecule has 2 aliphatic rings. The summed E-state index contributed by atoms with van der Waals surface area (Å²) >= 11 is 0. The molecule has 39 heavy (non-hydrogen) atoms. The van der Waals surface area contributed by atoms with Crippen molar-refractivity contribution in [3.63, 3.8) is 0 Å². The summed E-state index contributed by atoms with van der Waals surface area (Å²) in [6.45, 7) is 10.3. The Labute approximate surface area is 229 Å². The van der Waals surface area contributed by atoms with Gasteiger partial charge in [0.15, 0.2) is 0 Å². The number of rotatable bonds is 8. The number of methoxy groups -OCH3 is 1. The van der Waals surface area contributed by atoms with Crippen LogP contribution < -0.4 is 10.1 Å². The Morgan fingerprint density at radius 2 is 1.87 bits per heavy atom. The highest BCUT2D eigenvalue weighted by molar-refractivity contribution is 6.03. The Morgan fingerprint density at radius 3 is 2.59 bits per heavy atom. The molecule has 2 amide bonds. The molecule has 1 aromatic heterocycles. The maximum absolute atomic E-state index is 14.7. The number of carbonyl (C=O) groups is 2. The Morgan fingerprint density at radius 1 is 1.13 bits per heavy atom. The van der Waals surface area contributed by atoms with Gasteiger partial charge in [0.05, 0.1) is 25.7 Å². The zero-order chi connectivity index (χ0) is 27.7. The third kappa shape index (κ3) is 5.39. The monoisotopic (exact) mass is 534 g/mol. The zero-order valence-corrected chi connectivity index (χ0v) is 23.4. The molecule has 8 heteroatoms. The van der Waals surface area contributed by atoms with Crippen LogP contribution in [0.25, 0.3) is 10.9 Å². The lowest BCUT2D eigenvalue weighted by molar-refractivity contribution is -0.133. The van der Waals surface area contributed by atoms with Gasteiger partial charge < -0.3 is 24.4 Å². The largest absolute Gasteiger partial charge is 0.497 e. The molecule has 0 aliphatic carbocycles. The molecule has 0 unspecified atom stereocenters. The minimum Gasteiger partial charge on any atom is -0.497 e. The van der Waals surface area contributed by atoms with Crippen LogP contribution in [0, 0.1) is 17.7 Å². The standard InChI is InChI=1S/C31H39FN4O3/c1-21-14-22(2)18-34(17-21)13-7-12-33-30(38)31(3)20-35-27-16-25(39-4)11-10-23(27)15-28(35)29(37)36(31)19-24-8-5-6-9-26(24)32/h5-6,8-11,15-16,21-22H,7,12-14,17-20H2,1-4H3,(H,33,38)/t21-,22+,31-/m0/s1. The van der Waals surface area contributed by atoms with Gasteiger partial charge in [0.2, 0.25) is 5.91 Å². The first-order valence-corrected chi connectivity index (χ1v) is 13.9. The van der Waals surface area contributed by atoms with Gasteiger partial charge in [-0.25, -0.2) is 4.39 Å². The first kappa shape index (κ1) is 27.2. The number of piperidine rings is 1. The molecule has 3 heterocycles. The van der Waals surface area contributed by atoms with Crippen LogP contribution in [0.5, 0.6) is 5.75 Å².